The summed E-state index contributed by atoms with van der Waals surface area (Å²) in [5.74, 6) is 0. The third kappa shape index (κ3) is 2.14. The van der Waals surface area contributed by atoms with Gasteiger partial charge in [-0.3, -0.25) is 0 Å². The van der Waals surface area contributed by atoms with Crippen molar-refractivity contribution in [2.45, 2.75) is 19.9 Å². The Morgan fingerprint density at radius 2 is 2.07 bits per heavy atom. The van der Waals surface area contributed by atoms with Gasteiger partial charge in [0, 0.05) is 9.75 Å². The lowest BCUT2D eigenvalue weighted by atomic mass is 10.1. The van der Waals surface area contributed by atoms with E-state index in [2.05, 4.69) is 42.1 Å². The van der Waals surface area contributed by atoms with E-state index in [9.17, 15) is 0 Å². The molecule has 0 saturated carbocycles. The molecule has 0 spiro atoms. The molecular weight excluding hydrogens is 222 g/mol. The van der Waals surface area contributed by atoms with E-state index in [1.807, 2.05) is 29.7 Å². The standard InChI is InChI=1S/C12H15NS2/c1-8-4-5-14-12(8)11(13-3)10-6-9(2)15-7-10/h4-7,11,13H,1-3H3. The summed E-state index contributed by atoms with van der Waals surface area (Å²) in [6, 6.07) is 4.81. The van der Waals surface area contributed by atoms with Crippen LogP contribution in [0.1, 0.15) is 26.9 Å². The molecule has 1 N–H and O–H groups in total. The number of nitrogens with one attached hydrogen (secondary N) is 1. The molecule has 2 heterocycles. The zero-order chi connectivity index (χ0) is 10.8. The predicted molar refractivity (Wildman–Crippen MR) is 69.0 cm³/mol. The SMILES string of the molecule is CNC(c1csc(C)c1)c1sccc1C. The van der Waals surface area contributed by atoms with Crippen LogP contribution in [0.4, 0.5) is 0 Å². The maximum Gasteiger partial charge on any atom is 0.0679 e. The van der Waals surface area contributed by atoms with Gasteiger partial charge in [0.2, 0.25) is 0 Å². The van der Waals surface area contributed by atoms with Crippen molar-refractivity contribution in [2.75, 3.05) is 7.05 Å². The molecule has 2 rings (SSSR count). The predicted octanol–water partition coefficient (Wildman–Crippen LogP) is 3.74. The summed E-state index contributed by atoms with van der Waals surface area (Å²) in [6.07, 6.45) is 0. The quantitative estimate of drug-likeness (QED) is 0.857. The Kier molecular flexibility index (Phi) is 3.24. The fraction of sp³-hybridized carbons (Fsp3) is 0.333. The van der Waals surface area contributed by atoms with Crippen molar-refractivity contribution in [3.63, 3.8) is 0 Å². The molecule has 0 bridgehead atoms. The van der Waals surface area contributed by atoms with Gasteiger partial charge in [0.15, 0.2) is 0 Å². The molecule has 3 heteroatoms. The Hall–Kier alpha value is -0.640. The number of rotatable bonds is 3. The van der Waals surface area contributed by atoms with E-state index >= 15 is 0 Å². The summed E-state index contributed by atoms with van der Waals surface area (Å²) in [5.41, 5.74) is 2.76. The molecule has 1 unspecified atom stereocenters. The van der Waals surface area contributed by atoms with Crippen molar-refractivity contribution in [3.8, 4) is 0 Å². The van der Waals surface area contributed by atoms with Crippen LogP contribution in [-0.4, -0.2) is 7.05 Å². The molecule has 15 heavy (non-hydrogen) atoms. The molecule has 0 radical (unpaired) electrons. The highest BCUT2D eigenvalue weighted by atomic mass is 32.1. The second-order valence-corrected chi connectivity index (χ2v) is 5.74. The Morgan fingerprint density at radius 1 is 1.27 bits per heavy atom. The molecule has 0 amide bonds. The fourth-order valence-corrected chi connectivity index (χ4v) is 3.54. The van der Waals surface area contributed by atoms with Gasteiger partial charge in [-0.2, -0.15) is 0 Å². The molecule has 0 aromatic carbocycles. The first-order chi connectivity index (χ1) is 7.22. The summed E-state index contributed by atoms with van der Waals surface area (Å²) >= 11 is 3.64. The van der Waals surface area contributed by atoms with E-state index in [4.69, 9.17) is 0 Å². The van der Waals surface area contributed by atoms with Crippen LogP contribution >= 0.6 is 22.7 Å². The summed E-state index contributed by atoms with van der Waals surface area (Å²) in [6.45, 7) is 4.33. The van der Waals surface area contributed by atoms with Gasteiger partial charge in [0.1, 0.15) is 0 Å². The zero-order valence-electron chi connectivity index (χ0n) is 9.20. The third-order valence-electron chi connectivity index (χ3n) is 2.54. The van der Waals surface area contributed by atoms with Gasteiger partial charge in [-0.15, -0.1) is 22.7 Å². The van der Waals surface area contributed by atoms with Crippen molar-refractivity contribution >= 4 is 22.7 Å². The van der Waals surface area contributed by atoms with Crippen LogP contribution in [-0.2, 0) is 0 Å². The molecule has 1 atom stereocenters. The van der Waals surface area contributed by atoms with Crippen molar-refractivity contribution in [1.29, 1.82) is 0 Å². The van der Waals surface area contributed by atoms with Gasteiger partial charge < -0.3 is 5.32 Å². The minimum absolute atomic E-state index is 0.356. The topological polar surface area (TPSA) is 12.0 Å². The van der Waals surface area contributed by atoms with Gasteiger partial charge in [-0.25, -0.2) is 0 Å². The number of hydrogen-bond donors (Lipinski definition) is 1. The zero-order valence-corrected chi connectivity index (χ0v) is 10.8. The van der Waals surface area contributed by atoms with E-state index in [1.54, 1.807) is 0 Å². The van der Waals surface area contributed by atoms with Crippen molar-refractivity contribution < 1.29 is 0 Å². The molecule has 2 aromatic heterocycles. The van der Waals surface area contributed by atoms with E-state index in [1.165, 1.54) is 20.9 Å². The minimum Gasteiger partial charge on any atom is -0.309 e. The van der Waals surface area contributed by atoms with Crippen LogP contribution in [0.2, 0.25) is 0 Å². The molecule has 80 valence electrons. The van der Waals surface area contributed by atoms with Gasteiger partial charge in [-0.05, 0) is 54.9 Å². The molecule has 2 aromatic rings. The highest BCUT2D eigenvalue weighted by Gasteiger charge is 2.16. The maximum atomic E-state index is 3.39. The summed E-state index contributed by atoms with van der Waals surface area (Å²) in [4.78, 5) is 2.80. The fourth-order valence-electron chi connectivity index (χ4n) is 1.74. The summed E-state index contributed by atoms with van der Waals surface area (Å²) in [5, 5.41) is 7.80. The van der Waals surface area contributed by atoms with Crippen LogP contribution in [0, 0.1) is 13.8 Å². The monoisotopic (exact) mass is 237 g/mol. The molecule has 0 aliphatic heterocycles. The minimum atomic E-state index is 0.356. The second kappa shape index (κ2) is 4.47. The summed E-state index contributed by atoms with van der Waals surface area (Å²) in [7, 11) is 2.02. The average molecular weight is 237 g/mol. The van der Waals surface area contributed by atoms with Crippen LogP contribution in [0.5, 0.6) is 0 Å². The van der Waals surface area contributed by atoms with Gasteiger partial charge in [0.25, 0.3) is 0 Å². The smallest absolute Gasteiger partial charge is 0.0679 e. The van der Waals surface area contributed by atoms with Gasteiger partial charge >= 0.3 is 0 Å². The van der Waals surface area contributed by atoms with E-state index in [0.717, 1.165) is 0 Å². The average Bonchev–Trinajstić information content (AvgIpc) is 2.79. The molecule has 0 aliphatic rings. The van der Waals surface area contributed by atoms with E-state index < -0.39 is 0 Å². The molecule has 0 saturated heterocycles. The highest BCUT2D eigenvalue weighted by Crippen LogP contribution is 2.31. The molecule has 0 fully saturated rings. The van der Waals surface area contributed by atoms with Crippen molar-refractivity contribution in [3.05, 3.63) is 43.8 Å². The largest absolute Gasteiger partial charge is 0.309 e. The Labute approximate surface area is 98.8 Å². The Balaban J connectivity index is 2.36. The van der Waals surface area contributed by atoms with E-state index in [-0.39, 0.29) is 0 Å². The molecule has 1 nitrogen and oxygen atoms in total. The molecule has 0 aliphatic carbocycles. The Morgan fingerprint density at radius 3 is 2.53 bits per heavy atom. The van der Waals surface area contributed by atoms with Gasteiger partial charge in [0.05, 0.1) is 6.04 Å². The van der Waals surface area contributed by atoms with Crippen molar-refractivity contribution in [2.24, 2.45) is 0 Å². The van der Waals surface area contributed by atoms with Crippen LogP contribution in [0.3, 0.4) is 0 Å². The molecular formula is C12H15NS2. The number of hydrogen-bond acceptors (Lipinski definition) is 3. The van der Waals surface area contributed by atoms with Gasteiger partial charge in [-0.1, -0.05) is 0 Å². The van der Waals surface area contributed by atoms with E-state index in [0.29, 0.717) is 6.04 Å². The number of thiophene rings is 2. The highest BCUT2D eigenvalue weighted by molar-refractivity contribution is 7.10. The Bertz CT molecular complexity index is 442. The third-order valence-corrected chi connectivity index (χ3v) is 4.50. The number of aryl methyl sites for hydroxylation is 2. The van der Waals surface area contributed by atoms with Crippen LogP contribution in [0.15, 0.2) is 22.9 Å². The van der Waals surface area contributed by atoms with Crippen molar-refractivity contribution in [1.82, 2.24) is 5.32 Å². The van der Waals surface area contributed by atoms with Crippen LogP contribution < -0.4 is 5.32 Å². The summed E-state index contributed by atoms with van der Waals surface area (Å²) < 4.78 is 0. The first kappa shape index (κ1) is 10.9. The lowest BCUT2D eigenvalue weighted by Gasteiger charge is -2.14. The van der Waals surface area contributed by atoms with Crippen LogP contribution in [0.25, 0.3) is 0 Å². The lowest BCUT2D eigenvalue weighted by Crippen LogP contribution is -2.16. The maximum absolute atomic E-state index is 3.39. The lowest BCUT2D eigenvalue weighted by molar-refractivity contribution is 0.702. The first-order valence-electron chi connectivity index (χ1n) is 4.98. The normalized spacial score (nSPS) is 13.0. The first-order valence-corrected chi connectivity index (χ1v) is 6.74. The second-order valence-electron chi connectivity index (χ2n) is 3.68.